The normalized spacial score (nSPS) is 45.1. The molecule has 32 heavy (non-hydrogen) atoms. The van der Waals surface area contributed by atoms with E-state index in [0.29, 0.717) is 33.1 Å². The fourth-order valence-corrected chi connectivity index (χ4v) is 8.78. The molecule has 0 aliphatic heterocycles. The quantitative estimate of drug-likeness (QED) is 0.395. The lowest BCUT2D eigenvalue weighted by molar-refractivity contribution is -0.161. The molecule has 0 aromatic heterocycles. The van der Waals surface area contributed by atoms with Gasteiger partial charge in [0.05, 0.1) is 6.10 Å². The first kappa shape index (κ1) is 26.5. The van der Waals surface area contributed by atoms with Crippen LogP contribution in [0.4, 0.5) is 0 Å². The maximum Gasteiger partial charge on any atom is 0.0545 e. The smallest absolute Gasteiger partial charge is 0.0545 e. The molecule has 2 nitrogen and oxygen atoms in total. The van der Waals surface area contributed by atoms with Gasteiger partial charge in [0.1, 0.15) is 0 Å². The highest BCUT2D eigenvalue weighted by Gasteiger charge is 2.60. The molecular formula is C30H57NO. The predicted octanol–water partition coefficient (Wildman–Crippen LogP) is 7.98. The minimum atomic E-state index is -0.0798. The Morgan fingerprint density at radius 2 is 1.56 bits per heavy atom. The molecule has 0 radical (unpaired) electrons. The van der Waals surface area contributed by atoms with Crippen molar-refractivity contribution < 1.29 is 5.11 Å². The van der Waals surface area contributed by atoms with Crippen LogP contribution in [0.3, 0.4) is 0 Å². The van der Waals surface area contributed by atoms with Gasteiger partial charge in [0.15, 0.2) is 0 Å². The van der Waals surface area contributed by atoms with E-state index in [1.54, 1.807) is 0 Å². The Labute approximate surface area is 201 Å². The molecule has 0 aromatic carbocycles. The van der Waals surface area contributed by atoms with E-state index in [2.05, 4.69) is 67.6 Å². The molecule has 3 aliphatic carbocycles. The summed E-state index contributed by atoms with van der Waals surface area (Å²) in [6, 6.07) is 0.602. The highest BCUT2D eigenvalue weighted by molar-refractivity contribution is 5.10. The van der Waals surface area contributed by atoms with Crippen LogP contribution in [-0.2, 0) is 0 Å². The molecule has 1 unspecified atom stereocenters. The van der Waals surface area contributed by atoms with Gasteiger partial charge in [-0.05, 0) is 117 Å². The fraction of sp³-hybridized carbons (Fsp3) is 1.00. The van der Waals surface area contributed by atoms with Gasteiger partial charge in [0.2, 0.25) is 0 Å². The van der Waals surface area contributed by atoms with Crippen LogP contribution in [0, 0.1) is 38.9 Å². The van der Waals surface area contributed by atoms with Gasteiger partial charge >= 0.3 is 0 Å². The van der Waals surface area contributed by atoms with Crippen LogP contribution in [0.1, 0.15) is 133 Å². The molecule has 2 N–H and O–H groups in total. The van der Waals surface area contributed by atoms with E-state index < -0.39 is 0 Å². The van der Waals surface area contributed by atoms with Crippen molar-refractivity contribution in [2.24, 2.45) is 38.9 Å². The van der Waals surface area contributed by atoms with Crippen LogP contribution in [0.5, 0.6) is 0 Å². The third-order valence-electron chi connectivity index (χ3n) is 12.2. The molecule has 3 aliphatic rings. The van der Waals surface area contributed by atoms with E-state index in [1.165, 1.54) is 57.8 Å². The Morgan fingerprint density at radius 1 is 0.875 bits per heavy atom. The van der Waals surface area contributed by atoms with Gasteiger partial charge in [0, 0.05) is 6.04 Å². The summed E-state index contributed by atoms with van der Waals surface area (Å²) >= 11 is 0. The summed E-state index contributed by atoms with van der Waals surface area (Å²) in [5.74, 6) is 1.54. The van der Waals surface area contributed by atoms with Crippen molar-refractivity contribution in [2.75, 3.05) is 6.54 Å². The first-order valence-corrected chi connectivity index (χ1v) is 14.1. The fourth-order valence-electron chi connectivity index (χ4n) is 8.78. The van der Waals surface area contributed by atoms with Gasteiger partial charge < -0.3 is 10.4 Å². The predicted molar refractivity (Wildman–Crippen MR) is 139 cm³/mol. The van der Waals surface area contributed by atoms with E-state index >= 15 is 0 Å². The van der Waals surface area contributed by atoms with E-state index in [0.717, 1.165) is 31.2 Å². The molecular weight excluding hydrogens is 390 g/mol. The van der Waals surface area contributed by atoms with E-state index in [-0.39, 0.29) is 6.10 Å². The lowest BCUT2D eigenvalue weighted by atomic mass is 9.41. The molecule has 7 atom stereocenters. The number of fused-ring (bicyclic) bond motifs is 1. The van der Waals surface area contributed by atoms with Crippen molar-refractivity contribution in [3.8, 4) is 0 Å². The van der Waals surface area contributed by atoms with Crippen molar-refractivity contribution in [3.63, 3.8) is 0 Å². The second-order valence-corrected chi connectivity index (χ2v) is 14.6. The second-order valence-electron chi connectivity index (χ2n) is 14.6. The maximum absolute atomic E-state index is 10.5. The van der Waals surface area contributed by atoms with E-state index in [4.69, 9.17) is 0 Å². The van der Waals surface area contributed by atoms with Crippen molar-refractivity contribution in [2.45, 2.75) is 145 Å². The number of hydrogen-bond acceptors (Lipinski definition) is 2. The molecule has 0 bridgehead atoms. The molecule has 0 spiro atoms. The van der Waals surface area contributed by atoms with Crippen molar-refractivity contribution >= 4 is 0 Å². The van der Waals surface area contributed by atoms with Crippen LogP contribution in [-0.4, -0.2) is 23.8 Å². The second kappa shape index (κ2) is 9.18. The average molecular weight is 448 g/mol. The number of nitrogens with one attached hydrogen (secondary N) is 1. The Balaban J connectivity index is 1.77. The lowest BCUT2D eigenvalue weighted by Crippen LogP contribution is -2.56. The summed E-state index contributed by atoms with van der Waals surface area (Å²) < 4.78 is 0. The third-order valence-corrected chi connectivity index (χ3v) is 12.2. The molecule has 0 saturated heterocycles. The monoisotopic (exact) mass is 447 g/mol. The largest absolute Gasteiger partial charge is 0.393 e. The van der Waals surface area contributed by atoms with Crippen molar-refractivity contribution in [3.05, 3.63) is 0 Å². The number of hydrogen-bond donors (Lipinski definition) is 2. The molecule has 0 aromatic rings. The van der Waals surface area contributed by atoms with Crippen LogP contribution >= 0.6 is 0 Å². The number of rotatable bonds is 8. The van der Waals surface area contributed by atoms with Gasteiger partial charge in [-0.15, -0.1) is 0 Å². The van der Waals surface area contributed by atoms with Crippen LogP contribution in [0.25, 0.3) is 0 Å². The zero-order valence-corrected chi connectivity index (χ0v) is 23.2. The van der Waals surface area contributed by atoms with Gasteiger partial charge in [-0.1, -0.05) is 61.8 Å². The third kappa shape index (κ3) is 4.46. The zero-order chi connectivity index (χ0) is 24.0. The molecule has 3 fully saturated rings. The van der Waals surface area contributed by atoms with Crippen LogP contribution in [0.15, 0.2) is 0 Å². The summed E-state index contributed by atoms with van der Waals surface area (Å²) in [6.45, 7) is 23.8. The highest BCUT2D eigenvalue weighted by Crippen LogP contribution is 2.69. The molecule has 0 heterocycles. The van der Waals surface area contributed by atoms with E-state index in [9.17, 15) is 5.11 Å². The lowest BCUT2D eigenvalue weighted by Gasteiger charge is -2.64. The molecule has 188 valence electrons. The Hall–Kier alpha value is -0.0800. The first-order valence-electron chi connectivity index (χ1n) is 14.1. The SMILES string of the molecule is CC(C)CCNC(C)[C@H]1CCC(C)(C)[C@]1(C)CC[C@@]1(C)CCC[C@@]2(C)C[C@@H](O)CC[C@]12C. The van der Waals surface area contributed by atoms with Crippen LogP contribution in [0.2, 0.25) is 0 Å². The van der Waals surface area contributed by atoms with Crippen LogP contribution < -0.4 is 5.32 Å². The molecule has 3 saturated carbocycles. The maximum atomic E-state index is 10.5. The number of aliphatic hydroxyl groups is 1. The average Bonchev–Trinajstić information content (AvgIpc) is 2.92. The summed E-state index contributed by atoms with van der Waals surface area (Å²) in [5, 5.41) is 14.4. The van der Waals surface area contributed by atoms with Gasteiger partial charge in [-0.25, -0.2) is 0 Å². The molecule has 0 amide bonds. The van der Waals surface area contributed by atoms with E-state index in [1.807, 2.05) is 0 Å². The van der Waals surface area contributed by atoms with Crippen molar-refractivity contribution in [1.29, 1.82) is 0 Å². The van der Waals surface area contributed by atoms with Gasteiger partial charge in [-0.3, -0.25) is 0 Å². The molecule has 2 heteroatoms. The highest BCUT2D eigenvalue weighted by atomic mass is 16.3. The Morgan fingerprint density at radius 3 is 2.22 bits per heavy atom. The standard InChI is InChI=1S/C30H57NO/c1-22(2)13-20-31-23(3)25-12-16-26(4,5)29(25,8)19-18-27(6)14-10-15-28(7)21-24(32)11-17-30(27,28)9/h22-25,31-32H,10-21H2,1-9H3/t23?,24-,25+,27+,28-,29+,30+/m0/s1. The Kier molecular flexibility index (Phi) is 7.61. The number of aliphatic hydroxyl groups excluding tert-OH is 1. The summed E-state index contributed by atoms with van der Waals surface area (Å²) in [5.41, 5.74) is 1.84. The summed E-state index contributed by atoms with van der Waals surface area (Å²) in [7, 11) is 0. The zero-order valence-electron chi connectivity index (χ0n) is 23.2. The summed E-state index contributed by atoms with van der Waals surface area (Å²) in [4.78, 5) is 0. The molecule has 3 rings (SSSR count). The topological polar surface area (TPSA) is 32.3 Å². The first-order chi connectivity index (χ1) is 14.7. The minimum Gasteiger partial charge on any atom is -0.393 e. The minimum absolute atomic E-state index is 0.0798. The van der Waals surface area contributed by atoms with Gasteiger partial charge in [-0.2, -0.15) is 0 Å². The van der Waals surface area contributed by atoms with Crippen molar-refractivity contribution in [1.82, 2.24) is 5.32 Å². The summed E-state index contributed by atoms with van der Waals surface area (Å²) in [6.07, 6.45) is 13.9. The van der Waals surface area contributed by atoms with Gasteiger partial charge in [0.25, 0.3) is 0 Å². The Bertz CT molecular complexity index is 643.